The Balaban J connectivity index is 2.81. The molecule has 1 heterocycles. The number of aromatic nitrogens is 2. The maximum absolute atomic E-state index is 12.4. The van der Waals surface area contributed by atoms with Gasteiger partial charge in [0.05, 0.1) is 11.9 Å². The molecular formula is C8H13F2N3. The van der Waals surface area contributed by atoms with Crippen molar-refractivity contribution in [3.63, 3.8) is 0 Å². The van der Waals surface area contributed by atoms with Gasteiger partial charge in [0.1, 0.15) is 5.69 Å². The van der Waals surface area contributed by atoms with Crippen LogP contribution in [0, 0.1) is 0 Å². The number of rotatable bonds is 4. The number of halogens is 2. The van der Waals surface area contributed by atoms with Crippen molar-refractivity contribution in [1.82, 2.24) is 9.78 Å². The van der Waals surface area contributed by atoms with Crippen molar-refractivity contribution in [1.29, 1.82) is 0 Å². The molecule has 2 N–H and O–H groups in total. The summed E-state index contributed by atoms with van der Waals surface area (Å²) in [6.07, 6.45) is 0.514. The third-order valence-corrected chi connectivity index (χ3v) is 1.84. The van der Waals surface area contributed by atoms with E-state index in [1.54, 1.807) is 0 Å². The quantitative estimate of drug-likeness (QED) is 0.789. The monoisotopic (exact) mass is 189 g/mol. The zero-order valence-electron chi connectivity index (χ0n) is 7.50. The van der Waals surface area contributed by atoms with E-state index in [-0.39, 0.29) is 11.4 Å². The normalized spacial score (nSPS) is 11.1. The van der Waals surface area contributed by atoms with Crippen molar-refractivity contribution in [3.8, 4) is 0 Å². The number of nitrogens with zero attached hydrogens (tertiary/aromatic N) is 2. The first-order valence-electron chi connectivity index (χ1n) is 4.26. The molecule has 5 heteroatoms. The minimum atomic E-state index is -2.54. The number of anilines is 1. The lowest BCUT2D eigenvalue weighted by Crippen LogP contribution is -2.06. The Kier molecular flexibility index (Phi) is 3.22. The van der Waals surface area contributed by atoms with Gasteiger partial charge in [-0.25, -0.2) is 8.78 Å². The molecule has 0 bridgehead atoms. The molecule has 1 aromatic rings. The van der Waals surface area contributed by atoms with Crippen LogP contribution < -0.4 is 5.73 Å². The van der Waals surface area contributed by atoms with Crippen LogP contribution in [0.3, 0.4) is 0 Å². The van der Waals surface area contributed by atoms with Crippen LogP contribution in [0.2, 0.25) is 0 Å². The predicted molar refractivity (Wildman–Crippen MR) is 46.5 cm³/mol. The maximum Gasteiger partial charge on any atom is 0.282 e. The summed E-state index contributed by atoms with van der Waals surface area (Å²) in [5.74, 6) is 0. The zero-order chi connectivity index (χ0) is 9.84. The van der Waals surface area contributed by atoms with Gasteiger partial charge in [0.25, 0.3) is 6.43 Å². The molecule has 1 aromatic heterocycles. The van der Waals surface area contributed by atoms with Crippen molar-refractivity contribution >= 4 is 5.69 Å². The molecule has 0 saturated carbocycles. The van der Waals surface area contributed by atoms with E-state index in [0.717, 1.165) is 12.8 Å². The Morgan fingerprint density at radius 2 is 2.31 bits per heavy atom. The van der Waals surface area contributed by atoms with Gasteiger partial charge in [-0.2, -0.15) is 5.10 Å². The molecular weight excluding hydrogens is 176 g/mol. The fourth-order valence-electron chi connectivity index (χ4n) is 1.13. The van der Waals surface area contributed by atoms with Crippen LogP contribution in [0.15, 0.2) is 6.20 Å². The molecule has 0 aliphatic heterocycles. The van der Waals surface area contributed by atoms with E-state index in [2.05, 4.69) is 5.10 Å². The van der Waals surface area contributed by atoms with E-state index < -0.39 is 6.43 Å². The van der Waals surface area contributed by atoms with Gasteiger partial charge in [0, 0.05) is 6.54 Å². The van der Waals surface area contributed by atoms with Crippen LogP contribution in [0.25, 0.3) is 0 Å². The predicted octanol–water partition coefficient (Wildman–Crippen LogP) is 2.20. The van der Waals surface area contributed by atoms with Crippen molar-refractivity contribution in [2.24, 2.45) is 0 Å². The average Bonchev–Trinajstić information content (AvgIpc) is 2.43. The number of unbranched alkanes of at least 4 members (excludes halogenated alkanes) is 1. The molecule has 0 aliphatic carbocycles. The second-order valence-corrected chi connectivity index (χ2v) is 2.86. The van der Waals surface area contributed by atoms with Crippen LogP contribution in [0.4, 0.5) is 14.5 Å². The Bertz CT molecular complexity index is 270. The lowest BCUT2D eigenvalue weighted by atomic mass is 10.3. The van der Waals surface area contributed by atoms with E-state index in [4.69, 9.17) is 5.73 Å². The highest BCUT2D eigenvalue weighted by Gasteiger charge is 2.17. The molecule has 0 unspecified atom stereocenters. The van der Waals surface area contributed by atoms with E-state index in [1.807, 2.05) is 6.92 Å². The molecule has 0 saturated heterocycles. The largest absolute Gasteiger partial charge is 0.396 e. The number of nitrogens with two attached hydrogens (primary N) is 1. The smallest absolute Gasteiger partial charge is 0.282 e. The highest BCUT2D eigenvalue weighted by molar-refractivity contribution is 5.41. The summed E-state index contributed by atoms with van der Waals surface area (Å²) in [4.78, 5) is 0. The summed E-state index contributed by atoms with van der Waals surface area (Å²) in [7, 11) is 0. The van der Waals surface area contributed by atoms with Crippen molar-refractivity contribution in [3.05, 3.63) is 11.9 Å². The van der Waals surface area contributed by atoms with E-state index in [0.29, 0.717) is 6.54 Å². The molecule has 0 aromatic carbocycles. The Hall–Kier alpha value is -1.13. The van der Waals surface area contributed by atoms with Gasteiger partial charge in [0.2, 0.25) is 0 Å². The topological polar surface area (TPSA) is 43.8 Å². The van der Waals surface area contributed by atoms with Crippen molar-refractivity contribution < 1.29 is 8.78 Å². The number of hydrogen-bond donors (Lipinski definition) is 1. The summed E-state index contributed by atoms with van der Waals surface area (Å²) in [5.41, 5.74) is 5.27. The van der Waals surface area contributed by atoms with E-state index in [1.165, 1.54) is 10.9 Å². The molecule has 0 spiro atoms. The number of aryl methyl sites for hydroxylation is 1. The van der Waals surface area contributed by atoms with Crippen LogP contribution in [-0.4, -0.2) is 9.78 Å². The van der Waals surface area contributed by atoms with Gasteiger partial charge in [-0.05, 0) is 6.42 Å². The van der Waals surface area contributed by atoms with Crippen LogP contribution in [0.1, 0.15) is 31.9 Å². The minimum Gasteiger partial charge on any atom is -0.396 e. The van der Waals surface area contributed by atoms with Gasteiger partial charge < -0.3 is 5.73 Å². The molecule has 0 aliphatic rings. The standard InChI is InChI=1S/C8H13F2N3/c1-2-3-4-13-7(8(9)10)6(11)5-12-13/h5,8H,2-4,11H2,1H3. The van der Waals surface area contributed by atoms with Gasteiger partial charge in [-0.15, -0.1) is 0 Å². The van der Waals surface area contributed by atoms with Gasteiger partial charge in [0.15, 0.2) is 0 Å². The molecule has 13 heavy (non-hydrogen) atoms. The molecule has 0 fully saturated rings. The fourth-order valence-corrected chi connectivity index (χ4v) is 1.13. The summed E-state index contributed by atoms with van der Waals surface area (Å²) in [6, 6.07) is 0. The molecule has 3 nitrogen and oxygen atoms in total. The lowest BCUT2D eigenvalue weighted by molar-refractivity contribution is 0.139. The van der Waals surface area contributed by atoms with E-state index >= 15 is 0 Å². The Morgan fingerprint density at radius 1 is 1.62 bits per heavy atom. The summed E-state index contributed by atoms with van der Waals surface area (Å²) >= 11 is 0. The molecule has 0 amide bonds. The number of alkyl halides is 2. The third kappa shape index (κ3) is 2.17. The molecule has 0 radical (unpaired) electrons. The van der Waals surface area contributed by atoms with Crippen molar-refractivity contribution in [2.75, 3.05) is 5.73 Å². The Labute approximate surface area is 75.5 Å². The van der Waals surface area contributed by atoms with Crippen LogP contribution in [0.5, 0.6) is 0 Å². The van der Waals surface area contributed by atoms with Crippen LogP contribution >= 0.6 is 0 Å². The molecule has 1 rings (SSSR count). The van der Waals surface area contributed by atoms with Crippen LogP contribution in [-0.2, 0) is 6.54 Å². The fraction of sp³-hybridized carbons (Fsp3) is 0.625. The highest BCUT2D eigenvalue weighted by Crippen LogP contribution is 2.24. The summed E-state index contributed by atoms with van der Waals surface area (Å²) < 4.78 is 26.1. The maximum atomic E-state index is 12.4. The summed E-state index contributed by atoms with van der Waals surface area (Å²) in [5, 5.41) is 3.79. The lowest BCUT2D eigenvalue weighted by Gasteiger charge is -2.05. The first-order chi connectivity index (χ1) is 6.16. The second-order valence-electron chi connectivity index (χ2n) is 2.86. The molecule has 74 valence electrons. The number of nitrogen functional groups attached to an aromatic ring is 1. The average molecular weight is 189 g/mol. The summed E-state index contributed by atoms with van der Waals surface area (Å²) in [6.45, 7) is 2.50. The first kappa shape index (κ1) is 9.95. The highest BCUT2D eigenvalue weighted by atomic mass is 19.3. The Morgan fingerprint density at radius 3 is 2.85 bits per heavy atom. The van der Waals surface area contributed by atoms with Gasteiger partial charge >= 0.3 is 0 Å². The third-order valence-electron chi connectivity index (χ3n) is 1.84. The molecule has 0 atom stereocenters. The minimum absolute atomic E-state index is 0.0751. The first-order valence-corrected chi connectivity index (χ1v) is 4.26. The van der Waals surface area contributed by atoms with Gasteiger partial charge in [-0.3, -0.25) is 4.68 Å². The zero-order valence-corrected chi connectivity index (χ0v) is 7.50. The second kappa shape index (κ2) is 4.20. The number of hydrogen-bond acceptors (Lipinski definition) is 2. The van der Waals surface area contributed by atoms with E-state index in [9.17, 15) is 8.78 Å². The van der Waals surface area contributed by atoms with Gasteiger partial charge in [-0.1, -0.05) is 13.3 Å². The van der Waals surface area contributed by atoms with Crippen molar-refractivity contribution in [2.45, 2.75) is 32.7 Å². The SMILES string of the molecule is CCCCn1ncc(N)c1C(F)F.